The van der Waals surface area contributed by atoms with Crippen LogP contribution in [0.2, 0.25) is 0 Å². The number of nitriles is 1. The van der Waals surface area contributed by atoms with E-state index in [9.17, 15) is 9.18 Å². The summed E-state index contributed by atoms with van der Waals surface area (Å²) in [5.41, 5.74) is 1.05. The van der Waals surface area contributed by atoms with Crippen molar-refractivity contribution in [3.63, 3.8) is 0 Å². The molecule has 0 aliphatic carbocycles. The second-order valence-electron chi connectivity index (χ2n) is 2.92. The lowest BCUT2D eigenvalue weighted by Gasteiger charge is -2.04. The van der Waals surface area contributed by atoms with Crippen LogP contribution in [0.5, 0.6) is 0 Å². The van der Waals surface area contributed by atoms with E-state index >= 15 is 0 Å². The molecule has 0 saturated carbocycles. The number of benzene rings is 1. The Bertz CT molecular complexity index is 421. The third-order valence-electron chi connectivity index (χ3n) is 1.94. The van der Waals surface area contributed by atoms with E-state index in [0.717, 1.165) is 12.1 Å². The molecule has 0 aliphatic heterocycles. The van der Waals surface area contributed by atoms with Crippen molar-refractivity contribution in [2.45, 2.75) is 13.3 Å². The maximum Gasteiger partial charge on any atom is 0.307 e. The minimum Gasteiger partial charge on any atom is -0.481 e. The molecular formula is C10H8FNO2. The van der Waals surface area contributed by atoms with E-state index < -0.39 is 11.8 Å². The highest BCUT2D eigenvalue weighted by molar-refractivity contribution is 5.71. The quantitative estimate of drug-likeness (QED) is 0.776. The zero-order valence-corrected chi connectivity index (χ0v) is 7.54. The molecule has 0 spiro atoms. The summed E-state index contributed by atoms with van der Waals surface area (Å²) in [6.45, 7) is 1.61. The molecule has 1 aromatic rings. The van der Waals surface area contributed by atoms with E-state index in [1.54, 1.807) is 6.92 Å². The van der Waals surface area contributed by atoms with Crippen molar-refractivity contribution in [3.05, 3.63) is 34.6 Å². The van der Waals surface area contributed by atoms with Gasteiger partial charge in [0.05, 0.1) is 18.1 Å². The summed E-state index contributed by atoms with van der Waals surface area (Å²) >= 11 is 0. The Morgan fingerprint density at radius 1 is 1.64 bits per heavy atom. The molecule has 0 fully saturated rings. The summed E-state index contributed by atoms with van der Waals surface area (Å²) in [5, 5.41) is 17.2. The van der Waals surface area contributed by atoms with E-state index in [2.05, 4.69) is 0 Å². The van der Waals surface area contributed by atoms with Gasteiger partial charge in [0, 0.05) is 0 Å². The normalized spacial score (nSPS) is 9.50. The summed E-state index contributed by atoms with van der Waals surface area (Å²) in [5.74, 6) is -1.62. The van der Waals surface area contributed by atoms with Crippen molar-refractivity contribution in [2.24, 2.45) is 0 Å². The zero-order chi connectivity index (χ0) is 10.7. The summed E-state index contributed by atoms with van der Waals surface area (Å²) in [6, 6.07) is 4.06. The molecule has 72 valence electrons. The molecule has 0 radical (unpaired) electrons. The number of rotatable bonds is 2. The van der Waals surface area contributed by atoms with Crippen molar-refractivity contribution < 1.29 is 14.3 Å². The van der Waals surface area contributed by atoms with Gasteiger partial charge in [0.2, 0.25) is 0 Å². The largest absolute Gasteiger partial charge is 0.481 e. The Morgan fingerprint density at radius 2 is 2.29 bits per heavy atom. The molecule has 0 heterocycles. The smallest absolute Gasteiger partial charge is 0.307 e. The van der Waals surface area contributed by atoms with Crippen molar-refractivity contribution in [1.29, 1.82) is 5.26 Å². The first-order valence-electron chi connectivity index (χ1n) is 3.95. The Kier molecular flexibility index (Phi) is 2.82. The van der Waals surface area contributed by atoms with Crippen LogP contribution in [0.15, 0.2) is 12.1 Å². The fraction of sp³-hybridized carbons (Fsp3) is 0.200. The third kappa shape index (κ3) is 2.07. The fourth-order valence-electron chi connectivity index (χ4n) is 1.20. The molecule has 0 unspecified atom stereocenters. The van der Waals surface area contributed by atoms with Gasteiger partial charge < -0.3 is 5.11 Å². The van der Waals surface area contributed by atoms with Crippen LogP contribution in [0.3, 0.4) is 0 Å². The van der Waals surface area contributed by atoms with Crippen LogP contribution in [0.1, 0.15) is 16.7 Å². The number of carboxylic acid groups (broad SMARTS) is 1. The lowest BCUT2D eigenvalue weighted by Crippen LogP contribution is -2.04. The molecule has 0 atom stereocenters. The van der Waals surface area contributed by atoms with Crippen LogP contribution < -0.4 is 0 Å². The van der Waals surface area contributed by atoms with Crippen LogP contribution in [-0.2, 0) is 11.2 Å². The lowest BCUT2D eigenvalue weighted by atomic mass is 10.0. The maximum atomic E-state index is 12.9. The SMILES string of the molecule is Cc1c(C#N)cc(F)cc1CC(=O)O. The molecule has 0 saturated heterocycles. The van der Waals surface area contributed by atoms with Gasteiger partial charge in [0.15, 0.2) is 0 Å². The van der Waals surface area contributed by atoms with E-state index in [0.29, 0.717) is 11.1 Å². The van der Waals surface area contributed by atoms with E-state index in [-0.39, 0.29) is 12.0 Å². The number of aliphatic carboxylic acids is 1. The number of carbonyl (C=O) groups is 1. The first-order valence-corrected chi connectivity index (χ1v) is 3.95. The number of nitrogens with zero attached hydrogens (tertiary/aromatic N) is 1. The van der Waals surface area contributed by atoms with Crippen molar-refractivity contribution >= 4 is 5.97 Å². The molecule has 0 bridgehead atoms. The molecule has 14 heavy (non-hydrogen) atoms. The number of hydrogen-bond donors (Lipinski definition) is 1. The summed E-state index contributed by atoms with van der Waals surface area (Å²) in [4.78, 5) is 10.4. The second-order valence-corrected chi connectivity index (χ2v) is 2.92. The highest BCUT2D eigenvalue weighted by Gasteiger charge is 2.09. The van der Waals surface area contributed by atoms with Crippen LogP contribution in [0.25, 0.3) is 0 Å². The van der Waals surface area contributed by atoms with Gasteiger partial charge in [-0.25, -0.2) is 4.39 Å². The zero-order valence-electron chi connectivity index (χ0n) is 7.54. The first kappa shape index (κ1) is 10.2. The highest BCUT2D eigenvalue weighted by atomic mass is 19.1. The van der Waals surface area contributed by atoms with Crippen LogP contribution in [0, 0.1) is 24.1 Å². The Balaban J connectivity index is 3.23. The summed E-state index contributed by atoms with van der Waals surface area (Å²) < 4.78 is 12.9. The molecule has 1 aromatic carbocycles. The Morgan fingerprint density at radius 3 is 2.79 bits per heavy atom. The molecule has 4 heteroatoms. The topological polar surface area (TPSA) is 61.1 Å². The minimum absolute atomic E-state index is 0.182. The monoisotopic (exact) mass is 193 g/mol. The van der Waals surface area contributed by atoms with E-state index in [4.69, 9.17) is 10.4 Å². The van der Waals surface area contributed by atoms with Gasteiger partial charge in [-0.3, -0.25) is 4.79 Å². The number of carboxylic acids is 1. The van der Waals surface area contributed by atoms with E-state index in [1.165, 1.54) is 0 Å². The molecule has 1 N–H and O–H groups in total. The Hall–Kier alpha value is -1.89. The highest BCUT2D eigenvalue weighted by Crippen LogP contribution is 2.16. The predicted octanol–water partition coefficient (Wildman–Crippen LogP) is 1.63. The number of halogens is 1. The van der Waals surface area contributed by atoms with Crippen molar-refractivity contribution in [1.82, 2.24) is 0 Å². The van der Waals surface area contributed by atoms with Gasteiger partial charge in [-0.1, -0.05) is 0 Å². The summed E-state index contributed by atoms with van der Waals surface area (Å²) in [7, 11) is 0. The van der Waals surface area contributed by atoms with Gasteiger partial charge in [-0.2, -0.15) is 5.26 Å². The minimum atomic E-state index is -1.04. The predicted molar refractivity (Wildman–Crippen MR) is 47.2 cm³/mol. The van der Waals surface area contributed by atoms with Gasteiger partial charge in [-0.15, -0.1) is 0 Å². The van der Waals surface area contributed by atoms with Crippen LogP contribution >= 0.6 is 0 Å². The van der Waals surface area contributed by atoms with E-state index in [1.807, 2.05) is 6.07 Å². The molecule has 0 aliphatic rings. The maximum absolute atomic E-state index is 12.9. The molecule has 0 amide bonds. The second kappa shape index (κ2) is 3.88. The fourth-order valence-corrected chi connectivity index (χ4v) is 1.20. The van der Waals surface area contributed by atoms with Crippen molar-refractivity contribution in [2.75, 3.05) is 0 Å². The molecule has 0 aromatic heterocycles. The van der Waals surface area contributed by atoms with Gasteiger partial charge in [0.25, 0.3) is 0 Å². The standard InChI is InChI=1S/C10H8FNO2/c1-6-7(4-10(13)14)2-9(11)3-8(6)5-12/h2-3H,4H2,1H3,(H,13,14). The van der Waals surface area contributed by atoms with Crippen LogP contribution in [0.4, 0.5) is 4.39 Å². The first-order chi connectivity index (χ1) is 6.54. The average molecular weight is 193 g/mol. The van der Waals surface area contributed by atoms with Gasteiger partial charge >= 0.3 is 5.97 Å². The third-order valence-corrected chi connectivity index (χ3v) is 1.94. The van der Waals surface area contributed by atoms with Gasteiger partial charge in [0.1, 0.15) is 5.82 Å². The lowest BCUT2D eigenvalue weighted by molar-refractivity contribution is -0.136. The van der Waals surface area contributed by atoms with Gasteiger partial charge in [-0.05, 0) is 30.2 Å². The summed E-state index contributed by atoms with van der Waals surface area (Å²) in [6.07, 6.45) is -0.266. The molecule has 1 rings (SSSR count). The Labute approximate surface area is 80.4 Å². The molecule has 3 nitrogen and oxygen atoms in total. The number of hydrogen-bond acceptors (Lipinski definition) is 2. The van der Waals surface area contributed by atoms with Crippen LogP contribution in [-0.4, -0.2) is 11.1 Å². The average Bonchev–Trinajstić information content (AvgIpc) is 2.09. The van der Waals surface area contributed by atoms with Crippen molar-refractivity contribution in [3.8, 4) is 6.07 Å². The molecular weight excluding hydrogens is 185 g/mol.